The lowest BCUT2D eigenvalue weighted by Gasteiger charge is -2.16. The van der Waals surface area contributed by atoms with Gasteiger partial charge in [0.1, 0.15) is 0 Å². The molecule has 5 nitrogen and oxygen atoms in total. The summed E-state index contributed by atoms with van der Waals surface area (Å²) in [6.07, 6.45) is 15.1. The maximum atomic E-state index is 12.3. The van der Waals surface area contributed by atoms with E-state index in [2.05, 4.69) is 18.6 Å². The van der Waals surface area contributed by atoms with Gasteiger partial charge >= 0.3 is 17.9 Å². The van der Waals surface area contributed by atoms with E-state index in [1.807, 2.05) is 6.07 Å². The standard InChI is InChI=1S/C26H40O5/c1-4-6-8-10-12-14-16-21-18-19-23(26(30)31-20(3)27)24(25(28)29)22(21)17-15-13-11-9-7-5-2/h18-19H,4-17H2,1-3H3,(H,28,29). The fraction of sp³-hybridized carbons (Fsp3) is 0.654. The van der Waals surface area contributed by atoms with Crippen LogP contribution in [-0.2, 0) is 22.4 Å². The highest BCUT2D eigenvalue weighted by Crippen LogP contribution is 2.25. The van der Waals surface area contributed by atoms with Crippen LogP contribution in [0.1, 0.15) is 130 Å². The maximum Gasteiger partial charge on any atom is 0.346 e. The fourth-order valence-corrected chi connectivity index (χ4v) is 3.99. The van der Waals surface area contributed by atoms with Gasteiger partial charge in [-0.15, -0.1) is 0 Å². The first-order valence-corrected chi connectivity index (χ1v) is 12.0. The Kier molecular flexibility index (Phi) is 13.5. The van der Waals surface area contributed by atoms with E-state index in [1.165, 1.54) is 51.0 Å². The molecule has 5 heteroatoms. The third-order valence-electron chi connectivity index (χ3n) is 5.66. The Morgan fingerprint density at radius 2 is 1.29 bits per heavy atom. The smallest absolute Gasteiger partial charge is 0.346 e. The molecule has 0 aliphatic rings. The summed E-state index contributed by atoms with van der Waals surface area (Å²) in [5.74, 6) is -2.77. The Bertz CT molecular complexity index is 708. The molecule has 0 fully saturated rings. The van der Waals surface area contributed by atoms with Gasteiger partial charge in [-0.3, -0.25) is 4.79 Å². The van der Waals surface area contributed by atoms with Crippen molar-refractivity contribution < 1.29 is 24.2 Å². The molecule has 0 saturated heterocycles. The zero-order valence-electron chi connectivity index (χ0n) is 19.6. The molecule has 1 N–H and O–H groups in total. The molecule has 174 valence electrons. The van der Waals surface area contributed by atoms with Gasteiger partial charge in [-0.1, -0.05) is 84.1 Å². The quantitative estimate of drug-likeness (QED) is 0.175. The number of hydrogen-bond donors (Lipinski definition) is 1. The number of unbranched alkanes of at least 4 members (excludes halogenated alkanes) is 10. The first kappa shape index (κ1) is 26.9. The lowest BCUT2D eigenvalue weighted by molar-refractivity contribution is -0.135. The molecule has 31 heavy (non-hydrogen) atoms. The normalized spacial score (nSPS) is 10.8. The predicted octanol–water partition coefficient (Wildman–Crippen LogP) is 6.89. The average Bonchev–Trinajstić information content (AvgIpc) is 2.72. The number of aromatic carboxylic acids is 1. The van der Waals surface area contributed by atoms with Gasteiger partial charge in [0.2, 0.25) is 0 Å². The highest BCUT2D eigenvalue weighted by atomic mass is 16.6. The van der Waals surface area contributed by atoms with E-state index in [-0.39, 0.29) is 11.1 Å². The van der Waals surface area contributed by atoms with Gasteiger partial charge in [0.25, 0.3) is 0 Å². The summed E-state index contributed by atoms with van der Waals surface area (Å²) in [5, 5.41) is 9.90. The molecule has 0 unspecified atom stereocenters. The largest absolute Gasteiger partial charge is 0.478 e. The van der Waals surface area contributed by atoms with Crippen LogP contribution in [0.4, 0.5) is 0 Å². The first-order valence-electron chi connectivity index (χ1n) is 12.0. The number of hydrogen-bond acceptors (Lipinski definition) is 4. The number of benzene rings is 1. The van der Waals surface area contributed by atoms with Crippen LogP contribution >= 0.6 is 0 Å². The molecule has 0 spiro atoms. The number of esters is 2. The van der Waals surface area contributed by atoms with Gasteiger partial charge in [0.05, 0.1) is 11.1 Å². The van der Waals surface area contributed by atoms with E-state index >= 15 is 0 Å². The van der Waals surface area contributed by atoms with Gasteiger partial charge in [-0.2, -0.15) is 0 Å². The van der Waals surface area contributed by atoms with Crippen LogP contribution in [0.2, 0.25) is 0 Å². The van der Waals surface area contributed by atoms with E-state index in [0.717, 1.165) is 56.6 Å². The Balaban J connectivity index is 3.02. The molecule has 0 heterocycles. The monoisotopic (exact) mass is 432 g/mol. The summed E-state index contributed by atoms with van der Waals surface area (Å²) in [5.41, 5.74) is 1.70. The van der Waals surface area contributed by atoms with Crippen molar-refractivity contribution in [2.24, 2.45) is 0 Å². The third kappa shape index (κ3) is 10.1. The minimum absolute atomic E-state index is 0.00305. The molecule has 1 aromatic carbocycles. The van der Waals surface area contributed by atoms with Crippen molar-refractivity contribution in [3.63, 3.8) is 0 Å². The van der Waals surface area contributed by atoms with Crippen molar-refractivity contribution in [1.29, 1.82) is 0 Å². The molecule has 0 saturated carbocycles. The number of aryl methyl sites for hydroxylation is 1. The number of carbonyl (C=O) groups is 3. The van der Waals surface area contributed by atoms with Crippen LogP contribution in [0.25, 0.3) is 0 Å². The second kappa shape index (κ2) is 15.6. The number of carboxylic acids is 1. The van der Waals surface area contributed by atoms with Crippen LogP contribution in [0, 0.1) is 0 Å². The third-order valence-corrected chi connectivity index (χ3v) is 5.66. The second-order valence-corrected chi connectivity index (χ2v) is 8.35. The highest BCUT2D eigenvalue weighted by molar-refractivity contribution is 6.06. The minimum Gasteiger partial charge on any atom is -0.478 e. The van der Waals surface area contributed by atoms with Crippen molar-refractivity contribution in [1.82, 2.24) is 0 Å². The zero-order valence-corrected chi connectivity index (χ0v) is 19.6. The number of ether oxygens (including phenoxy) is 1. The predicted molar refractivity (Wildman–Crippen MR) is 124 cm³/mol. The summed E-state index contributed by atoms with van der Waals surface area (Å²) in [4.78, 5) is 35.7. The van der Waals surface area contributed by atoms with Crippen molar-refractivity contribution in [3.8, 4) is 0 Å². The molecule has 0 bridgehead atoms. The van der Waals surface area contributed by atoms with E-state index < -0.39 is 17.9 Å². The Morgan fingerprint density at radius 1 is 0.774 bits per heavy atom. The van der Waals surface area contributed by atoms with E-state index in [4.69, 9.17) is 0 Å². The van der Waals surface area contributed by atoms with E-state index in [0.29, 0.717) is 6.42 Å². The Morgan fingerprint density at radius 3 is 1.81 bits per heavy atom. The first-order chi connectivity index (χ1) is 14.9. The molecule has 0 amide bonds. The van der Waals surface area contributed by atoms with Crippen LogP contribution in [0.3, 0.4) is 0 Å². The molecule has 0 aliphatic carbocycles. The van der Waals surface area contributed by atoms with Crippen molar-refractivity contribution in [2.45, 2.75) is 111 Å². The van der Waals surface area contributed by atoms with Crippen molar-refractivity contribution in [3.05, 3.63) is 34.4 Å². The summed E-state index contributed by atoms with van der Waals surface area (Å²) in [7, 11) is 0. The molecule has 0 radical (unpaired) electrons. The summed E-state index contributed by atoms with van der Waals surface area (Å²) in [6, 6.07) is 3.35. The maximum absolute atomic E-state index is 12.3. The SMILES string of the molecule is CCCCCCCCc1ccc(C(=O)OC(C)=O)c(C(=O)O)c1CCCCCCCC. The van der Waals surface area contributed by atoms with Gasteiger partial charge in [0, 0.05) is 6.92 Å². The van der Waals surface area contributed by atoms with Crippen LogP contribution in [0.15, 0.2) is 12.1 Å². The van der Waals surface area contributed by atoms with Gasteiger partial charge < -0.3 is 9.84 Å². The molecular formula is C26H40O5. The molecule has 0 aromatic heterocycles. The zero-order chi connectivity index (χ0) is 23.1. The van der Waals surface area contributed by atoms with E-state index in [1.54, 1.807) is 0 Å². The van der Waals surface area contributed by atoms with Crippen molar-refractivity contribution >= 4 is 17.9 Å². The molecule has 0 atom stereocenters. The Labute approximate surface area is 187 Å². The van der Waals surface area contributed by atoms with Crippen LogP contribution in [0.5, 0.6) is 0 Å². The lowest BCUT2D eigenvalue weighted by atomic mass is 9.89. The van der Waals surface area contributed by atoms with Gasteiger partial charge in [0.15, 0.2) is 0 Å². The van der Waals surface area contributed by atoms with Crippen molar-refractivity contribution in [2.75, 3.05) is 0 Å². The van der Waals surface area contributed by atoms with E-state index in [9.17, 15) is 19.5 Å². The topological polar surface area (TPSA) is 80.7 Å². The highest BCUT2D eigenvalue weighted by Gasteiger charge is 2.24. The molecule has 1 rings (SSSR count). The van der Waals surface area contributed by atoms with Crippen LogP contribution < -0.4 is 0 Å². The second-order valence-electron chi connectivity index (χ2n) is 8.35. The van der Waals surface area contributed by atoms with Gasteiger partial charge in [-0.25, -0.2) is 9.59 Å². The lowest BCUT2D eigenvalue weighted by Crippen LogP contribution is -2.17. The number of carboxylic acid groups (broad SMARTS) is 1. The average molecular weight is 433 g/mol. The summed E-state index contributed by atoms with van der Waals surface area (Å²) >= 11 is 0. The fourth-order valence-electron chi connectivity index (χ4n) is 3.99. The minimum atomic E-state index is -1.14. The molecule has 1 aromatic rings. The summed E-state index contributed by atoms with van der Waals surface area (Å²) < 4.78 is 4.69. The number of carbonyl (C=O) groups excluding carboxylic acids is 2. The summed E-state index contributed by atoms with van der Waals surface area (Å²) in [6.45, 7) is 5.52. The number of rotatable bonds is 16. The molecule has 0 aliphatic heterocycles. The van der Waals surface area contributed by atoms with Crippen LogP contribution in [-0.4, -0.2) is 23.0 Å². The van der Waals surface area contributed by atoms with Gasteiger partial charge in [-0.05, 0) is 42.9 Å². The molecular weight excluding hydrogens is 392 g/mol. The Hall–Kier alpha value is -2.17.